The lowest BCUT2D eigenvalue weighted by Gasteiger charge is -2.25. The molecular formula is C13H18N2O2. The smallest absolute Gasteiger partial charge is 0.225 e. The van der Waals surface area contributed by atoms with E-state index in [1.165, 1.54) is 0 Å². The molecule has 1 aliphatic rings. The van der Waals surface area contributed by atoms with E-state index in [0.29, 0.717) is 6.54 Å². The third-order valence-corrected chi connectivity index (χ3v) is 3.08. The molecule has 2 rings (SSSR count). The zero-order valence-electron chi connectivity index (χ0n) is 10.2. The van der Waals surface area contributed by atoms with Gasteiger partial charge in [-0.15, -0.1) is 0 Å². The van der Waals surface area contributed by atoms with E-state index in [4.69, 9.17) is 4.74 Å². The van der Waals surface area contributed by atoms with Crippen LogP contribution in [0.1, 0.15) is 11.1 Å². The molecule has 92 valence electrons. The van der Waals surface area contributed by atoms with Crippen LogP contribution >= 0.6 is 0 Å². The molecule has 0 aromatic heterocycles. The minimum atomic E-state index is 0.136. The quantitative estimate of drug-likeness (QED) is 0.811. The maximum atomic E-state index is 11.6. The van der Waals surface area contributed by atoms with E-state index in [1.807, 2.05) is 25.1 Å². The number of methoxy groups -OCH3 is 1. The molecule has 0 aliphatic carbocycles. The van der Waals surface area contributed by atoms with Crippen molar-refractivity contribution in [3.8, 4) is 5.75 Å². The van der Waals surface area contributed by atoms with Crippen molar-refractivity contribution in [2.45, 2.75) is 13.5 Å². The molecule has 17 heavy (non-hydrogen) atoms. The minimum Gasteiger partial charge on any atom is -0.496 e. The summed E-state index contributed by atoms with van der Waals surface area (Å²) in [4.78, 5) is 11.6. The average molecular weight is 234 g/mol. The zero-order valence-corrected chi connectivity index (χ0v) is 10.2. The van der Waals surface area contributed by atoms with Crippen molar-refractivity contribution in [1.82, 2.24) is 10.6 Å². The fourth-order valence-electron chi connectivity index (χ4n) is 1.86. The number of hydrogen-bond acceptors (Lipinski definition) is 3. The van der Waals surface area contributed by atoms with Gasteiger partial charge in [0.1, 0.15) is 5.75 Å². The van der Waals surface area contributed by atoms with E-state index in [9.17, 15) is 4.79 Å². The van der Waals surface area contributed by atoms with Crippen molar-refractivity contribution in [3.05, 3.63) is 29.3 Å². The molecule has 0 atom stereocenters. The summed E-state index contributed by atoms with van der Waals surface area (Å²) in [5.41, 5.74) is 2.19. The van der Waals surface area contributed by atoms with Crippen LogP contribution in [-0.2, 0) is 11.3 Å². The summed E-state index contributed by atoms with van der Waals surface area (Å²) in [5, 5.41) is 6.03. The summed E-state index contributed by atoms with van der Waals surface area (Å²) < 4.78 is 5.19. The van der Waals surface area contributed by atoms with Gasteiger partial charge in [0.25, 0.3) is 0 Å². The Hall–Kier alpha value is -1.55. The molecule has 4 heteroatoms. The molecule has 0 spiro atoms. The summed E-state index contributed by atoms with van der Waals surface area (Å²) in [6.45, 7) is 4.18. The molecule has 1 saturated heterocycles. The van der Waals surface area contributed by atoms with E-state index in [-0.39, 0.29) is 11.8 Å². The second kappa shape index (κ2) is 5.19. The molecule has 1 aliphatic heterocycles. The van der Waals surface area contributed by atoms with E-state index in [1.54, 1.807) is 7.11 Å². The molecule has 1 fully saturated rings. The zero-order chi connectivity index (χ0) is 12.3. The molecular weight excluding hydrogens is 216 g/mol. The first-order valence-electron chi connectivity index (χ1n) is 5.82. The molecule has 1 amide bonds. The van der Waals surface area contributed by atoms with Gasteiger partial charge < -0.3 is 15.4 Å². The van der Waals surface area contributed by atoms with Gasteiger partial charge in [-0.05, 0) is 24.1 Å². The Kier molecular flexibility index (Phi) is 3.64. The number of rotatable bonds is 4. The third kappa shape index (κ3) is 2.77. The Balaban J connectivity index is 1.90. The minimum absolute atomic E-state index is 0.136. The maximum absolute atomic E-state index is 11.6. The van der Waals surface area contributed by atoms with Gasteiger partial charge in [0.15, 0.2) is 0 Å². The fraction of sp³-hybridized carbons (Fsp3) is 0.462. The van der Waals surface area contributed by atoms with Gasteiger partial charge in [-0.25, -0.2) is 0 Å². The fourth-order valence-corrected chi connectivity index (χ4v) is 1.86. The van der Waals surface area contributed by atoms with Gasteiger partial charge in [0.2, 0.25) is 5.91 Å². The lowest BCUT2D eigenvalue weighted by Crippen LogP contribution is -2.50. The molecule has 2 N–H and O–H groups in total. The van der Waals surface area contributed by atoms with E-state index < -0.39 is 0 Å². The van der Waals surface area contributed by atoms with Crippen LogP contribution in [0.2, 0.25) is 0 Å². The van der Waals surface area contributed by atoms with Crippen LogP contribution in [-0.4, -0.2) is 26.1 Å². The van der Waals surface area contributed by atoms with E-state index in [2.05, 4.69) is 10.6 Å². The maximum Gasteiger partial charge on any atom is 0.225 e. The monoisotopic (exact) mass is 234 g/mol. The van der Waals surface area contributed by atoms with Crippen LogP contribution in [0.15, 0.2) is 18.2 Å². The van der Waals surface area contributed by atoms with Crippen molar-refractivity contribution in [2.75, 3.05) is 20.2 Å². The molecule has 0 unspecified atom stereocenters. The Morgan fingerprint density at radius 2 is 2.29 bits per heavy atom. The average Bonchev–Trinajstić information content (AvgIpc) is 2.24. The molecule has 0 bridgehead atoms. The van der Waals surface area contributed by atoms with Gasteiger partial charge in [-0.1, -0.05) is 12.1 Å². The standard InChI is InChI=1S/C13H18N2O2/c1-9-5-10(3-4-12(9)17-2)6-15-13(16)11-7-14-8-11/h3-5,11,14H,6-8H2,1-2H3,(H,15,16). The van der Waals surface area contributed by atoms with Crippen LogP contribution in [0.4, 0.5) is 0 Å². The summed E-state index contributed by atoms with van der Waals surface area (Å²) in [6.07, 6.45) is 0. The SMILES string of the molecule is COc1ccc(CNC(=O)C2CNC2)cc1C. The second-order valence-electron chi connectivity index (χ2n) is 4.38. The number of carbonyl (C=O) groups excluding carboxylic acids is 1. The lowest BCUT2D eigenvalue weighted by molar-refractivity contribution is -0.126. The normalized spacial score (nSPS) is 15.2. The highest BCUT2D eigenvalue weighted by atomic mass is 16.5. The predicted octanol–water partition coefficient (Wildman–Crippen LogP) is 0.839. The molecule has 4 nitrogen and oxygen atoms in total. The van der Waals surface area contributed by atoms with Gasteiger partial charge in [0, 0.05) is 19.6 Å². The van der Waals surface area contributed by atoms with Gasteiger partial charge in [0.05, 0.1) is 13.0 Å². The van der Waals surface area contributed by atoms with Gasteiger partial charge >= 0.3 is 0 Å². The molecule has 1 heterocycles. The number of benzene rings is 1. The molecule has 1 aromatic rings. The van der Waals surface area contributed by atoms with Crippen molar-refractivity contribution in [2.24, 2.45) is 5.92 Å². The van der Waals surface area contributed by atoms with Crippen LogP contribution in [0, 0.1) is 12.8 Å². The van der Waals surface area contributed by atoms with Gasteiger partial charge in [-0.2, -0.15) is 0 Å². The van der Waals surface area contributed by atoms with Crippen molar-refractivity contribution in [3.63, 3.8) is 0 Å². The number of hydrogen-bond donors (Lipinski definition) is 2. The first-order chi connectivity index (χ1) is 8.20. The van der Waals surface area contributed by atoms with Gasteiger partial charge in [-0.3, -0.25) is 4.79 Å². The summed E-state index contributed by atoms with van der Waals surface area (Å²) >= 11 is 0. The predicted molar refractivity (Wildman–Crippen MR) is 65.9 cm³/mol. The number of carbonyl (C=O) groups is 1. The number of ether oxygens (including phenoxy) is 1. The summed E-state index contributed by atoms with van der Waals surface area (Å²) in [5.74, 6) is 1.16. The topological polar surface area (TPSA) is 50.4 Å². The largest absolute Gasteiger partial charge is 0.496 e. The van der Waals surface area contributed by atoms with Crippen molar-refractivity contribution >= 4 is 5.91 Å². The number of nitrogens with one attached hydrogen (secondary N) is 2. The number of aryl methyl sites for hydroxylation is 1. The van der Waals surface area contributed by atoms with Crippen LogP contribution < -0.4 is 15.4 Å². The summed E-state index contributed by atoms with van der Waals surface area (Å²) in [6, 6.07) is 5.95. The molecule has 0 radical (unpaired) electrons. The Morgan fingerprint density at radius 3 is 2.82 bits per heavy atom. The first-order valence-corrected chi connectivity index (χ1v) is 5.82. The van der Waals surface area contributed by atoms with Crippen LogP contribution in [0.5, 0.6) is 5.75 Å². The van der Waals surface area contributed by atoms with Crippen LogP contribution in [0.25, 0.3) is 0 Å². The van der Waals surface area contributed by atoms with Crippen molar-refractivity contribution < 1.29 is 9.53 Å². The van der Waals surface area contributed by atoms with Crippen molar-refractivity contribution in [1.29, 1.82) is 0 Å². The lowest BCUT2D eigenvalue weighted by atomic mass is 10.0. The molecule has 0 saturated carbocycles. The highest BCUT2D eigenvalue weighted by Crippen LogP contribution is 2.18. The Morgan fingerprint density at radius 1 is 1.53 bits per heavy atom. The Bertz CT molecular complexity index is 414. The van der Waals surface area contributed by atoms with E-state index >= 15 is 0 Å². The highest BCUT2D eigenvalue weighted by molar-refractivity contribution is 5.79. The third-order valence-electron chi connectivity index (χ3n) is 3.08. The second-order valence-corrected chi connectivity index (χ2v) is 4.38. The highest BCUT2D eigenvalue weighted by Gasteiger charge is 2.24. The Labute approximate surface area is 101 Å². The molecule has 1 aromatic carbocycles. The van der Waals surface area contributed by atoms with Crippen LogP contribution in [0.3, 0.4) is 0 Å². The summed E-state index contributed by atoms with van der Waals surface area (Å²) in [7, 11) is 1.66. The first kappa shape index (κ1) is 11.9. The number of amides is 1. The van der Waals surface area contributed by atoms with E-state index in [0.717, 1.165) is 30.0 Å².